The fourth-order valence-corrected chi connectivity index (χ4v) is 2.37. The standard InChI is InChI=1S/C18H19N3O2/c1-3-13-7-4-5-10-16(13)19-12-17-20-21-18(23-17)14-8-6-9-15(11-14)22-2/h4-11,19H,3,12H2,1-2H3. The second kappa shape index (κ2) is 6.96. The molecule has 23 heavy (non-hydrogen) atoms. The summed E-state index contributed by atoms with van der Waals surface area (Å²) < 4.78 is 10.9. The van der Waals surface area contributed by atoms with Gasteiger partial charge in [0.15, 0.2) is 0 Å². The van der Waals surface area contributed by atoms with Crippen LogP contribution in [0.5, 0.6) is 5.75 Å². The monoisotopic (exact) mass is 309 g/mol. The second-order valence-electron chi connectivity index (χ2n) is 5.10. The molecule has 5 nitrogen and oxygen atoms in total. The molecule has 0 fully saturated rings. The summed E-state index contributed by atoms with van der Waals surface area (Å²) >= 11 is 0. The number of rotatable bonds is 6. The minimum atomic E-state index is 0.490. The number of benzene rings is 2. The van der Waals surface area contributed by atoms with Crippen LogP contribution in [0.2, 0.25) is 0 Å². The van der Waals surface area contributed by atoms with Crippen LogP contribution in [0.15, 0.2) is 52.9 Å². The molecule has 0 spiro atoms. The summed E-state index contributed by atoms with van der Waals surface area (Å²) in [6, 6.07) is 15.8. The highest BCUT2D eigenvalue weighted by Crippen LogP contribution is 2.23. The zero-order chi connectivity index (χ0) is 16.1. The first-order chi connectivity index (χ1) is 11.3. The molecule has 0 aliphatic carbocycles. The smallest absolute Gasteiger partial charge is 0.247 e. The van der Waals surface area contributed by atoms with Crippen LogP contribution in [-0.2, 0) is 13.0 Å². The summed E-state index contributed by atoms with van der Waals surface area (Å²) in [6.45, 7) is 2.63. The number of aromatic nitrogens is 2. The number of nitrogens with zero attached hydrogens (tertiary/aromatic N) is 2. The SMILES string of the molecule is CCc1ccccc1NCc1nnc(-c2cccc(OC)c2)o1. The third-order valence-corrected chi connectivity index (χ3v) is 3.61. The first-order valence-electron chi connectivity index (χ1n) is 7.58. The largest absolute Gasteiger partial charge is 0.497 e. The van der Waals surface area contributed by atoms with Crippen LogP contribution in [0.25, 0.3) is 11.5 Å². The maximum atomic E-state index is 5.72. The van der Waals surface area contributed by atoms with Crippen molar-refractivity contribution in [1.82, 2.24) is 10.2 Å². The number of methoxy groups -OCH3 is 1. The van der Waals surface area contributed by atoms with Gasteiger partial charge in [0.25, 0.3) is 0 Å². The minimum absolute atomic E-state index is 0.490. The molecule has 0 aliphatic rings. The van der Waals surface area contributed by atoms with Crippen molar-refractivity contribution in [1.29, 1.82) is 0 Å². The lowest BCUT2D eigenvalue weighted by Gasteiger charge is -2.08. The Hall–Kier alpha value is -2.82. The third kappa shape index (κ3) is 3.51. The first kappa shape index (κ1) is 15.1. The molecule has 0 radical (unpaired) electrons. The van der Waals surface area contributed by atoms with Crippen molar-refractivity contribution in [3.05, 3.63) is 60.0 Å². The highest BCUT2D eigenvalue weighted by molar-refractivity contribution is 5.55. The lowest BCUT2D eigenvalue weighted by atomic mass is 10.1. The van der Waals surface area contributed by atoms with E-state index in [-0.39, 0.29) is 0 Å². The van der Waals surface area contributed by atoms with Crippen molar-refractivity contribution >= 4 is 5.69 Å². The summed E-state index contributed by atoms with van der Waals surface area (Å²) in [4.78, 5) is 0. The molecule has 0 saturated heterocycles. The van der Waals surface area contributed by atoms with E-state index in [2.05, 4.69) is 34.6 Å². The quantitative estimate of drug-likeness (QED) is 0.748. The van der Waals surface area contributed by atoms with Gasteiger partial charge in [-0.25, -0.2) is 0 Å². The summed E-state index contributed by atoms with van der Waals surface area (Å²) in [5, 5.41) is 11.6. The fraction of sp³-hybridized carbons (Fsp3) is 0.222. The minimum Gasteiger partial charge on any atom is -0.497 e. The Balaban J connectivity index is 1.72. The van der Waals surface area contributed by atoms with E-state index in [0.29, 0.717) is 18.3 Å². The average Bonchev–Trinajstić information content (AvgIpc) is 3.09. The first-order valence-corrected chi connectivity index (χ1v) is 7.58. The Morgan fingerprint density at radius 1 is 1.09 bits per heavy atom. The van der Waals surface area contributed by atoms with Gasteiger partial charge in [-0.3, -0.25) is 0 Å². The van der Waals surface area contributed by atoms with Crippen LogP contribution >= 0.6 is 0 Å². The van der Waals surface area contributed by atoms with Crippen molar-refractivity contribution in [2.45, 2.75) is 19.9 Å². The van der Waals surface area contributed by atoms with Gasteiger partial charge in [0, 0.05) is 11.3 Å². The second-order valence-corrected chi connectivity index (χ2v) is 5.10. The molecule has 2 aromatic carbocycles. The zero-order valence-corrected chi connectivity index (χ0v) is 13.2. The van der Waals surface area contributed by atoms with Crippen molar-refractivity contribution in [3.8, 4) is 17.2 Å². The van der Waals surface area contributed by atoms with Gasteiger partial charge >= 0.3 is 0 Å². The van der Waals surface area contributed by atoms with Gasteiger partial charge in [-0.1, -0.05) is 31.2 Å². The van der Waals surface area contributed by atoms with E-state index < -0.39 is 0 Å². The predicted molar refractivity (Wildman–Crippen MR) is 89.4 cm³/mol. The molecule has 118 valence electrons. The van der Waals surface area contributed by atoms with Gasteiger partial charge in [0.05, 0.1) is 13.7 Å². The van der Waals surface area contributed by atoms with E-state index in [1.807, 2.05) is 36.4 Å². The highest BCUT2D eigenvalue weighted by atomic mass is 16.5. The van der Waals surface area contributed by atoms with Crippen LogP contribution in [0.4, 0.5) is 5.69 Å². The molecule has 3 aromatic rings. The van der Waals surface area contributed by atoms with Crippen LogP contribution < -0.4 is 10.1 Å². The molecular weight excluding hydrogens is 290 g/mol. The maximum Gasteiger partial charge on any atom is 0.247 e. The lowest BCUT2D eigenvalue weighted by molar-refractivity contribution is 0.414. The topological polar surface area (TPSA) is 60.2 Å². The number of anilines is 1. The average molecular weight is 309 g/mol. The van der Waals surface area contributed by atoms with Gasteiger partial charge in [-0.15, -0.1) is 10.2 Å². The van der Waals surface area contributed by atoms with Gasteiger partial charge < -0.3 is 14.5 Å². The molecule has 0 bridgehead atoms. The van der Waals surface area contributed by atoms with Crippen molar-refractivity contribution < 1.29 is 9.15 Å². The van der Waals surface area contributed by atoms with Gasteiger partial charge in [0.2, 0.25) is 11.8 Å². The molecule has 0 atom stereocenters. The van der Waals surface area contributed by atoms with Gasteiger partial charge in [0.1, 0.15) is 5.75 Å². The van der Waals surface area contributed by atoms with E-state index in [4.69, 9.17) is 9.15 Å². The van der Waals surface area contributed by atoms with Crippen LogP contribution in [0.3, 0.4) is 0 Å². The number of ether oxygens (including phenoxy) is 1. The molecule has 5 heteroatoms. The Bertz CT molecular complexity index is 783. The lowest BCUT2D eigenvalue weighted by Crippen LogP contribution is -2.02. The summed E-state index contributed by atoms with van der Waals surface area (Å²) in [5.41, 5.74) is 3.20. The normalized spacial score (nSPS) is 10.5. The zero-order valence-electron chi connectivity index (χ0n) is 13.2. The van der Waals surface area contributed by atoms with Crippen LogP contribution in [0.1, 0.15) is 18.4 Å². The summed E-state index contributed by atoms with van der Waals surface area (Å²) in [5.74, 6) is 1.80. The Morgan fingerprint density at radius 2 is 1.96 bits per heavy atom. The molecule has 0 amide bonds. The number of hydrogen-bond acceptors (Lipinski definition) is 5. The van der Waals surface area contributed by atoms with Gasteiger partial charge in [-0.2, -0.15) is 0 Å². The van der Waals surface area contributed by atoms with E-state index in [1.54, 1.807) is 7.11 Å². The summed E-state index contributed by atoms with van der Waals surface area (Å²) in [7, 11) is 1.63. The van der Waals surface area contributed by atoms with E-state index in [1.165, 1.54) is 5.56 Å². The Labute approximate surface area is 135 Å². The molecule has 1 aromatic heterocycles. The molecule has 3 rings (SSSR count). The maximum absolute atomic E-state index is 5.72. The van der Waals surface area contributed by atoms with E-state index >= 15 is 0 Å². The number of hydrogen-bond donors (Lipinski definition) is 1. The Kier molecular flexibility index (Phi) is 4.57. The molecule has 0 aliphatic heterocycles. The van der Waals surface area contributed by atoms with Crippen molar-refractivity contribution in [3.63, 3.8) is 0 Å². The third-order valence-electron chi connectivity index (χ3n) is 3.61. The van der Waals surface area contributed by atoms with E-state index in [0.717, 1.165) is 23.4 Å². The molecule has 0 saturated carbocycles. The molecular formula is C18H19N3O2. The van der Waals surface area contributed by atoms with Crippen LogP contribution in [0, 0.1) is 0 Å². The van der Waals surface area contributed by atoms with Gasteiger partial charge in [-0.05, 0) is 36.2 Å². The molecule has 1 N–H and O–H groups in total. The predicted octanol–water partition coefficient (Wildman–Crippen LogP) is 3.92. The highest BCUT2D eigenvalue weighted by Gasteiger charge is 2.09. The van der Waals surface area contributed by atoms with Crippen molar-refractivity contribution in [2.24, 2.45) is 0 Å². The van der Waals surface area contributed by atoms with Crippen molar-refractivity contribution in [2.75, 3.05) is 12.4 Å². The Morgan fingerprint density at radius 3 is 2.78 bits per heavy atom. The van der Waals surface area contributed by atoms with E-state index in [9.17, 15) is 0 Å². The fourth-order valence-electron chi connectivity index (χ4n) is 2.37. The molecule has 1 heterocycles. The molecule has 0 unspecified atom stereocenters. The number of nitrogens with one attached hydrogen (secondary N) is 1. The number of para-hydroxylation sites is 1. The summed E-state index contributed by atoms with van der Waals surface area (Å²) in [6.07, 6.45) is 0.974. The number of aryl methyl sites for hydroxylation is 1. The van der Waals surface area contributed by atoms with Crippen LogP contribution in [-0.4, -0.2) is 17.3 Å².